The van der Waals surface area contributed by atoms with Gasteiger partial charge in [0.05, 0.1) is 19.7 Å². The minimum atomic E-state index is 0. The van der Waals surface area contributed by atoms with Crippen LogP contribution in [-0.4, -0.2) is 45.2 Å². The van der Waals surface area contributed by atoms with Crippen molar-refractivity contribution in [3.8, 4) is 5.75 Å². The van der Waals surface area contributed by atoms with Crippen LogP contribution in [0.25, 0.3) is 0 Å². The van der Waals surface area contributed by atoms with Crippen LogP contribution in [-0.2, 0) is 6.42 Å². The van der Waals surface area contributed by atoms with Gasteiger partial charge in [0.1, 0.15) is 5.75 Å². The topological polar surface area (TPSA) is 62.9 Å². The lowest BCUT2D eigenvalue weighted by Crippen LogP contribution is -2.34. The lowest BCUT2D eigenvalue weighted by Gasteiger charge is -2.25. The van der Waals surface area contributed by atoms with E-state index in [1.54, 1.807) is 7.11 Å². The third-order valence-corrected chi connectivity index (χ3v) is 4.12. The SMILES string of the molecule is COc1ccccc1C(CN=C(N)NCCc1ccccc1)N(C)C.I. The number of nitrogens with zero attached hydrogens (tertiary/aromatic N) is 2. The maximum atomic E-state index is 6.02. The Hall–Kier alpha value is -1.80. The average Bonchev–Trinajstić information content (AvgIpc) is 2.63. The van der Waals surface area contributed by atoms with Crippen LogP contribution in [0.3, 0.4) is 0 Å². The van der Waals surface area contributed by atoms with E-state index in [4.69, 9.17) is 10.5 Å². The Bertz CT molecular complexity index is 677. The number of guanidine groups is 1. The van der Waals surface area contributed by atoms with E-state index in [0.717, 1.165) is 24.3 Å². The molecule has 0 aliphatic carbocycles. The first-order chi connectivity index (χ1) is 12.1. The van der Waals surface area contributed by atoms with E-state index >= 15 is 0 Å². The van der Waals surface area contributed by atoms with Crippen molar-refractivity contribution in [2.75, 3.05) is 34.3 Å². The molecule has 0 saturated heterocycles. The van der Waals surface area contributed by atoms with Gasteiger partial charge < -0.3 is 20.7 Å². The zero-order chi connectivity index (χ0) is 18.1. The van der Waals surface area contributed by atoms with Gasteiger partial charge in [-0.3, -0.25) is 4.99 Å². The van der Waals surface area contributed by atoms with Gasteiger partial charge >= 0.3 is 0 Å². The Labute approximate surface area is 173 Å². The summed E-state index contributed by atoms with van der Waals surface area (Å²) < 4.78 is 5.48. The third kappa shape index (κ3) is 6.84. The predicted octanol–water partition coefficient (Wildman–Crippen LogP) is 3.06. The Morgan fingerprint density at radius 3 is 2.42 bits per heavy atom. The minimum Gasteiger partial charge on any atom is -0.496 e. The number of benzene rings is 2. The van der Waals surface area contributed by atoms with Crippen molar-refractivity contribution >= 4 is 29.9 Å². The van der Waals surface area contributed by atoms with E-state index in [1.807, 2.05) is 50.5 Å². The highest BCUT2D eigenvalue weighted by Gasteiger charge is 2.17. The van der Waals surface area contributed by atoms with E-state index in [0.29, 0.717) is 12.5 Å². The van der Waals surface area contributed by atoms with E-state index in [-0.39, 0.29) is 30.0 Å². The quantitative estimate of drug-likeness (QED) is 0.355. The highest BCUT2D eigenvalue weighted by molar-refractivity contribution is 14.0. The summed E-state index contributed by atoms with van der Waals surface area (Å²) in [6.07, 6.45) is 0.917. The van der Waals surface area contributed by atoms with Crippen LogP contribution in [0, 0.1) is 0 Å². The van der Waals surface area contributed by atoms with Crippen molar-refractivity contribution in [2.45, 2.75) is 12.5 Å². The molecule has 0 aliphatic heterocycles. The molecule has 1 unspecified atom stereocenters. The molecule has 0 heterocycles. The normalized spacial score (nSPS) is 12.4. The summed E-state index contributed by atoms with van der Waals surface area (Å²) in [5.41, 5.74) is 8.41. The highest BCUT2D eigenvalue weighted by atomic mass is 127. The fourth-order valence-electron chi connectivity index (χ4n) is 2.70. The number of likely N-dealkylation sites (N-methyl/N-ethyl adjacent to an activating group) is 1. The monoisotopic (exact) mass is 468 g/mol. The number of para-hydroxylation sites is 1. The molecule has 1 atom stereocenters. The Kier molecular flexibility index (Phi) is 10.0. The van der Waals surface area contributed by atoms with E-state index in [2.05, 4.69) is 33.4 Å². The zero-order valence-corrected chi connectivity index (χ0v) is 18.0. The molecule has 0 aromatic heterocycles. The second-order valence-electron chi connectivity index (χ2n) is 6.11. The molecule has 26 heavy (non-hydrogen) atoms. The number of halogens is 1. The number of rotatable bonds is 8. The van der Waals surface area contributed by atoms with Crippen LogP contribution in [0.1, 0.15) is 17.2 Å². The van der Waals surface area contributed by atoms with Crippen LogP contribution in [0.15, 0.2) is 59.6 Å². The van der Waals surface area contributed by atoms with Gasteiger partial charge in [-0.15, -0.1) is 24.0 Å². The van der Waals surface area contributed by atoms with Gasteiger partial charge in [0.15, 0.2) is 5.96 Å². The van der Waals surface area contributed by atoms with Crippen molar-refractivity contribution in [1.29, 1.82) is 0 Å². The van der Waals surface area contributed by atoms with Crippen molar-refractivity contribution in [1.82, 2.24) is 10.2 Å². The summed E-state index contributed by atoms with van der Waals surface area (Å²) in [4.78, 5) is 6.64. The molecule has 0 aliphatic rings. The Morgan fingerprint density at radius 2 is 1.77 bits per heavy atom. The van der Waals surface area contributed by atoms with Crippen molar-refractivity contribution in [3.63, 3.8) is 0 Å². The number of hydrogen-bond acceptors (Lipinski definition) is 3. The fourth-order valence-corrected chi connectivity index (χ4v) is 2.70. The lowest BCUT2D eigenvalue weighted by molar-refractivity contribution is 0.295. The summed E-state index contributed by atoms with van der Waals surface area (Å²) in [6, 6.07) is 18.4. The Morgan fingerprint density at radius 1 is 1.12 bits per heavy atom. The maximum Gasteiger partial charge on any atom is 0.188 e. The first-order valence-electron chi connectivity index (χ1n) is 8.49. The predicted molar refractivity (Wildman–Crippen MR) is 119 cm³/mol. The van der Waals surface area contributed by atoms with Gasteiger partial charge in [0.2, 0.25) is 0 Å². The summed E-state index contributed by atoms with van der Waals surface area (Å²) in [7, 11) is 5.76. The molecule has 6 heteroatoms. The molecular formula is C20H29IN4O. The van der Waals surface area contributed by atoms with Crippen LogP contribution < -0.4 is 15.8 Å². The summed E-state index contributed by atoms with van der Waals surface area (Å²) >= 11 is 0. The summed E-state index contributed by atoms with van der Waals surface area (Å²) in [5, 5.41) is 3.18. The molecule has 0 saturated carbocycles. The molecule has 2 aromatic rings. The first-order valence-corrected chi connectivity index (χ1v) is 8.49. The largest absolute Gasteiger partial charge is 0.496 e. The van der Waals surface area contributed by atoms with Crippen LogP contribution in [0.2, 0.25) is 0 Å². The summed E-state index contributed by atoms with van der Waals surface area (Å²) in [6.45, 7) is 1.33. The molecule has 3 N–H and O–H groups in total. The molecular weight excluding hydrogens is 439 g/mol. The van der Waals surface area contributed by atoms with Crippen molar-refractivity contribution in [2.24, 2.45) is 10.7 Å². The molecule has 142 valence electrons. The molecule has 2 aromatic carbocycles. The number of ether oxygens (including phenoxy) is 1. The van der Waals surface area contributed by atoms with E-state index in [1.165, 1.54) is 5.56 Å². The Balaban J connectivity index is 0.00000338. The highest BCUT2D eigenvalue weighted by Crippen LogP contribution is 2.27. The molecule has 0 bridgehead atoms. The second-order valence-corrected chi connectivity index (χ2v) is 6.11. The van der Waals surface area contributed by atoms with Crippen LogP contribution in [0.4, 0.5) is 0 Å². The summed E-state index contributed by atoms with van der Waals surface area (Å²) in [5.74, 6) is 1.34. The number of aliphatic imine (C=N–C) groups is 1. The molecule has 5 nitrogen and oxygen atoms in total. The van der Waals surface area contributed by atoms with E-state index < -0.39 is 0 Å². The number of nitrogens with one attached hydrogen (secondary N) is 1. The van der Waals surface area contributed by atoms with Gasteiger partial charge in [0, 0.05) is 12.1 Å². The van der Waals surface area contributed by atoms with Gasteiger partial charge in [-0.25, -0.2) is 0 Å². The molecule has 0 radical (unpaired) electrons. The molecule has 0 fully saturated rings. The number of hydrogen-bond donors (Lipinski definition) is 2. The molecule has 2 rings (SSSR count). The maximum absolute atomic E-state index is 6.02. The zero-order valence-electron chi connectivity index (χ0n) is 15.7. The van der Waals surface area contributed by atoms with Crippen LogP contribution in [0.5, 0.6) is 5.75 Å². The van der Waals surface area contributed by atoms with E-state index in [9.17, 15) is 0 Å². The third-order valence-electron chi connectivity index (χ3n) is 4.12. The molecule has 0 spiro atoms. The van der Waals surface area contributed by atoms with Gasteiger partial charge in [-0.1, -0.05) is 48.5 Å². The number of nitrogens with two attached hydrogens (primary N) is 1. The van der Waals surface area contributed by atoms with Crippen molar-refractivity contribution < 1.29 is 4.74 Å². The first kappa shape index (κ1) is 22.2. The van der Waals surface area contributed by atoms with Crippen LogP contribution >= 0.6 is 24.0 Å². The van der Waals surface area contributed by atoms with Gasteiger partial charge in [-0.05, 0) is 32.1 Å². The van der Waals surface area contributed by atoms with Crippen molar-refractivity contribution in [3.05, 3.63) is 65.7 Å². The second kappa shape index (κ2) is 11.7. The standard InChI is InChI=1S/C20H28N4O.HI/c1-24(2)18(17-11-7-8-12-19(17)25-3)15-23-20(21)22-14-13-16-9-5-4-6-10-16;/h4-12,18H,13-15H2,1-3H3,(H3,21,22,23);1H. The van der Waals surface area contributed by atoms with Gasteiger partial charge in [-0.2, -0.15) is 0 Å². The number of methoxy groups -OCH3 is 1. The fraction of sp³-hybridized carbons (Fsp3) is 0.350. The average molecular weight is 468 g/mol. The van der Waals surface area contributed by atoms with Gasteiger partial charge in [0.25, 0.3) is 0 Å². The minimum absolute atomic E-state index is 0. The lowest BCUT2D eigenvalue weighted by atomic mass is 10.0. The smallest absolute Gasteiger partial charge is 0.188 e. The molecule has 0 amide bonds.